The molecule has 0 radical (unpaired) electrons. The standard InChI is InChI=1S/C29H28N4O2S2/c1-19-17-36-27-8-7-21(13-23(19)27)24-14-22(15-26-29(24)31-11-10-30-26)32-25-5-3-4-6-28(25)37(34,35)18-20-9-12-33(2)16-20/h3-8,10-11,13-15,17,20,32H,9,12,16,18H2,1-2H3. The van der Waals surface area contributed by atoms with Crippen LogP contribution in [-0.2, 0) is 9.84 Å². The summed E-state index contributed by atoms with van der Waals surface area (Å²) in [5.74, 6) is 0.311. The molecular weight excluding hydrogens is 500 g/mol. The Kier molecular flexibility index (Phi) is 6.18. The molecule has 1 atom stereocenters. The number of thiophene rings is 1. The van der Waals surface area contributed by atoms with Gasteiger partial charge in [0.2, 0.25) is 0 Å². The highest BCUT2D eigenvalue weighted by molar-refractivity contribution is 7.91. The highest BCUT2D eigenvalue weighted by Gasteiger charge is 2.28. The van der Waals surface area contributed by atoms with Gasteiger partial charge < -0.3 is 10.2 Å². The van der Waals surface area contributed by atoms with Gasteiger partial charge in [0, 0.05) is 34.9 Å². The van der Waals surface area contributed by atoms with Crippen molar-refractivity contribution in [2.45, 2.75) is 18.2 Å². The van der Waals surface area contributed by atoms with Gasteiger partial charge in [-0.3, -0.25) is 9.97 Å². The molecule has 6 rings (SSSR count). The highest BCUT2D eigenvalue weighted by Crippen LogP contribution is 2.36. The van der Waals surface area contributed by atoms with E-state index in [-0.39, 0.29) is 11.7 Å². The maximum Gasteiger partial charge on any atom is 0.180 e. The van der Waals surface area contributed by atoms with Crippen LogP contribution in [0.15, 0.2) is 77.3 Å². The van der Waals surface area contributed by atoms with Crippen LogP contribution in [0.5, 0.6) is 0 Å². The third-order valence-corrected chi connectivity index (χ3v) is 10.1. The first-order valence-corrected chi connectivity index (χ1v) is 14.9. The quantitative estimate of drug-likeness (QED) is 0.279. The first kappa shape index (κ1) is 24.0. The molecule has 1 saturated heterocycles. The van der Waals surface area contributed by atoms with Crippen LogP contribution in [0, 0.1) is 12.8 Å². The number of nitrogens with one attached hydrogen (secondary N) is 1. The van der Waals surface area contributed by atoms with Crippen LogP contribution in [0.3, 0.4) is 0 Å². The van der Waals surface area contributed by atoms with Gasteiger partial charge in [0.25, 0.3) is 0 Å². The molecule has 0 amide bonds. The molecule has 1 aliphatic rings. The molecule has 1 unspecified atom stereocenters. The number of aryl methyl sites for hydroxylation is 1. The zero-order valence-electron chi connectivity index (χ0n) is 20.8. The molecule has 2 aromatic heterocycles. The third kappa shape index (κ3) is 4.72. The minimum absolute atomic E-state index is 0.154. The predicted octanol–water partition coefficient (Wildman–Crippen LogP) is 6.29. The molecule has 6 nitrogen and oxygen atoms in total. The van der Waals surface area contributed by atoms with Gasteiger partial charge in [-0.1, -0.05) is 18.2 Å². The number of sulfone groups is 1. The molecule has 3 heterocycles. The molecule has 0 bridgehead atoms. The molecular formula is C29H28N4O2S2. The zero-order valence-corrected chi connectivity index (χ0v) is 22.4. The van der Waals surface area contributed by atoms with Gasteiger partial charge >= 0.3 is 0 Å². The Morgan fingerprint density at radius 2 is 1.92 bits per heavy atom. The first-order valence-electron chi connectivity index (χ1n) is 12.4. The van der Waals surface area contributed by atoms with Crippen molar-refractivity contribution >= 4 is 53.7 Å². The molecule has 1 aliphatic heterocycles. The second-order valence-corrected chi connectivity index (χ2v) is 12.8. The number of nitrogens with zero attached hydrogens (tertiary/aromatic N) is 3. The third-order valence-electron chi connectivity index (χ3n) is 7.10. The van der Waals surface area contributed by atoms with Crippen LogP contribution in [-0.4, -0.2) is 49.2 Å². The van der Waals surface area contributed by atoms with Crippen LogP contribution in [0.1, 0.15) is 12.0 Å². The fourth-order valence-electron chi connectivity index (χ4n) is 5.25. The van der Waals surface area contributed by atoms with E-state index in [2.05, 4.69) is 50.7 Å². The van der Waals surface area contributed by atoms with Crippen LogP contribution < -0.4 is 5.32 Å². The van der Waals surface area contributed by atoms with Gasteiger partial charge in [0.15, 0.2) is 9.84 Å². The predicted molar refractivity (Wildman–Crippen MR) is 152 cm³/mol. The number of fused-ring (bicyclic) bond motifs is 2. The monoisotopic (exact) mass is 528 g/mol. The van der Waals surface area contributed by atoms with Crippen molar-refractivity contribution in [3.63, 3.8) is 0 Å². The Morgan fingerprint density at radius 1 is 1.08 bits per heavy atom. The molecule has 37 heavy (non-hydrogen) atoms. The summed E-state index contributed by atoms with van der Waals surface area (Å²) in [5.41, 5.74) is 6.16. The summed E-state index contributed by atoms with van der Waals surface area (Å²) in [6.45, 7) is 3.88. The number of para-hydroxylation sites is 1. The zero-order chi connectivity index (χ0) is 25.6. The van der Waals surface area contributed by atoms with Crippen LogP contribution >= 0.6 is 11.3 Å². The van der Waals surface area contributed by atoms with Crippen molar-refractivity contribution < 1.29 is 8.42 Å². The van der Waals surface area contributed by atoms with Crippen molar-refractivity contribution in [2.24, 2.45) is 5.92 Å². The Balaban J connectivity index is 1.40. The van der Waals surface area contributed by atoms with Crippen LogP contribution in [0.25, 0.3) is 32.2 Å². The van der Waals surface area contributed by atoms with Crippen LogP contribution in [0.4, 0.5) is 11.4 Å². The molecule has 0 saturated carbocycles. The fraction of sp³-hybridized carbons (Fsp3) is 0.241. The minimum Gasteiger partial charge on any atom is -0.354 e. The maximum atomic E-state index is 13.5. The summed E-state index contributed by atoms with van der Waals surface area (Å²) in [6.07, 6.45) is 4.29. The van der Waals surface area contributed by atoms with Gasteiger partial charge in [-0.05, 0) is 91.1 Å². The van der Waals surface area contributed by atoms with E-state index in [0.717, 1.165) is 47.4 Å². The van der Waals surface area contributed by atoms with Gasteiger partial charge in [0.05, 0.1) is 27.4 Å². The summed E-state index contributed by atoms with van der Waals surface area (Å²) >= 11 is 1.74. The summed E-state index contributed by atoms with van der Waals surface area (Å²) < 4.78 is 28.2. The fourth-order valence-corrected chi connectivity index (χ4v) is 7.99. The average Bonchev–Trinajstić information content (AvgIpc) is 3.47. The Labute approximate surface area is 220 Å². The van der Waals surface area contributed by atoms with E-state index in [9.17, 15) is 8.42 Å². The van der Waals surface area contributed by atoms with Crippen LogP contribution in [0.2, 0.25) is 0 Å². The van der Waals surface area contributed by atoms with Gasteiger partial charge in [-0.2, -0.15) is 0 Å². The Bertz CT molecular complexity index is 1730. The second kappa shape index (κ2) is 9.52. The van der Waals surface area contributed by atoms with E-state index in [4.69, 9.17) is 0 Å². The van der Waals surface area contributed by atoms with E-state index in [1.165, 1.54) is 15.6 Å². The lowest BCUT2D eigenvalue weighted by Gasteiger charge is -2.16. The molecule has 0 spiro atoms. The number of aromatic nitrogens is 2. The lowest BCUT2D eigenvalue weighted by molar-refractivity contribution is 0.401. The number of rotatable bonds is 6. The highest BCUT2D eigenvalue weighted by atomic mass is 32.2. The molecule has 0 aliphatic carbocycles. The summed E-state index contributed by atoms with van der Waals surface area (Å²) in [4.78, 5) is 11.7. The SMILES string of the molecule is Cc1csc2ccc(-c3cc(Nc4ccccc4S(=O)(=O)CC4CCN(C)C4)cc4nccnc34)cc12. The Hall–Kier alpha value is -3.33. The van der Waals surface area contributed by atoms with Crippen molar-refractivity contribution in [1.82, 2.24) is 14.9 Å². The molecule has 1 N–H and O–H groups in total. The van der Waals surface area contributed by atoms with E-state index in [1.807, 2.05) is 31.3 Å². The number of benzene rings is 3. The normalized spacial score (nSPS) is 16.5. The number of hydrogen-bond donors (Lipinski definition) is 1. The molecule has 3 aromatic carbocycles. The number of likely N-dealkylation sites (tertiary alicyclic amines) is 1. The maximum absolute atomic E-state index is 13.5. The average molecular weight is 529 g/mol. The van der Waals surface area contributed by atoms with E-state index in [0.29, 0.717) is 10.6 Å². The minimum atomic E-state index is -3.46. The summed E-state index contributed by atoms with van der Waals surface area (Å²) in [7, 11) is -1.42. The molecule has 188 valence electrons. The van der Waals surface area contributed by atoms with Gasteiger partial charge in [0.1, 0.15) is 0 Å². The smallest absolute Gasteiger partial charge is 0.180 e. The largest absolute Gasteiger partial charge is 0.354 e. The summed E-state index contributed by atoms with van der Waals surface area (Å²) in [5, 5.41) is 6.80. The molecule has 8 heteroatoms. The van der Waals surface area contributed by atoms with E-state index in [1.54, 1.807) is 35.9 Å². The van der Waals surface area contributed by atoms with Crippen molar-refractivity contribution in [1.29, 1.82) is 0 Å². The van der Waals surface area contributed by atoms with Crippen molar-refractivity contribution in [3.05, 3.63) is 77.9 Å². The Morgan fingerprint density at radius 3 is 2.76 bits per heavy atom. The van der Waals surface area contributed by atoms with Crippen molar-refractivity contribution in [3.8, 4) is 11.1 Å². The van der Waals surface area contributed by atoms with E-state index < -0.39 is 9.84 Å². The lowest BCUT2D eigenvalue weighted by atomic mass is 10.0. The first-order chi connectivity index (χ1) is 17.9. The topological polar surface area (TPSA) is 75.2 Å². The van der Waals surface area contributed by atoms with Gasteiger partial charge in [-0.25, -0.2) is 8.42 Å². The second-order valence-electron chi connectivity index (χ2n) is 9.90. The summed E-state index contributed by atoms with van der Waals surface area (Å²) in [6, 6.07) is 17.6. The van der Waals surface area contributed by atoms with E-state index >= 15 is 0 Å². The molecule has 1 fully saturated rings. The van der Waals surface area contributed by atoms with Crippen molar-refractivity contribution in [2.75, 3.05) is 31.2 Å². The number of anilines is 2. The lowest BCUT2D eigenvalue weighted by Crippen LogP contribution is -2.20. The van der Waals surface area contributed by atoms with Gasteiger partial charge in [-0.15, -0.1) is 11.3 Å². The number of hydrogen-bond acceptors (Lipinski definition) is 7. The molecule has 5 aromatic rings.